The maximum atomic E-state index is 5.78. The van der Waals surface area contributed by atoms with Crippen LogP contribution in [0.15, 0.2) is 12.1 Å². The van der Waals surface area contributed by atoms with E-state index in [1.807, 2.05) is 6.07 Å². The van der Waals surface area contributed by atoms with E-state index in [2.05, 4.69) is 22.0 Å². The van der Waals surface area contributed by atoms with Crippen LogP contribution in [0.3, 0.4) is 0 Å². The maximum Gasteiger partial charge on any atom is 0.0931 e. The zero-order valence-electron chi connectivity index (χ0n) is 6.15. The third kappa shape index (κ3) is 3.59. The van der Waals surface area contributed by atoms with Crippen LogP contribution in [0.5, 0.6) is 0 Å². The molecule has 1 aromatic heterocycles. The zero-order chi connectivity index (χ0) is 8.10. The predicted octanol–water partition coefficient (Wildman–Crippen LogP) is 4.12. The molecule has 0 radical (unpaired) electrons. The van der Waals surface area contributed by atoms with Gasteiger partial charge in [0.15, 0.2) is 0 Å². The average molecular weight is 254 g/mol. The van der Waals surface area contributed by atoms with Crippen LogP contribution < -0.4 is 0 Å². The lowest BCUT2D eigenvalue weighted by atomic mass is 10.2. The second kappa shape index (κ2) is 5.18. The van der Waals surface area contributed by atoms with Gasteiger partial charge in [0.25, 0.3) is 0 Å². The fourth-order valence-corrected chi connectivity index (χ4v) is 2.41. The van der Waals surface area contributed by atoms with E-state index in [-0.39, 0.29) is 0 Å². The summed E-state index contributed by atoms with van der Waals surface area (Å²) in [4.78, 5) is 1.40. The highest BCUT2D eigenvalue weighted by molar-refractivity contribution is 9.09. The van der Waals surface area contributed by atoms with Crippen molar-refractivity contribution in [2.75, 3.05) is 5.33 Å². The summed E-state index contributed by atoms with van der Waals surface area (Å²) in [6, 6.07) is 4.08. The Labute approximate surface area is 84.7 Å². The van der Waals surface area contributed by atoms with Crippen LogP contribution in [0.2, 0.25) is 4.34 Å². The van der Waals surface area contributed by atoms with Gasteiger partial charge in [-0.3, -0.25) is 0 Å². The molecule has 1 rings (SSSR count). The highest BCUT2D eigenvalue weighted by Gasteiger charge is 1.96. The second-order valence-corrected chi connectivity index (χ2v) is 4.94. The third-order valence-corrected chi connectivity index (χ3v) is 3.29. The molecule has 0 aliphatic carbocycles. The predicted molar refractivity (Wildman–Crippen MR) is 56.1 cm³/mol. The first-order chi connectivity index (χ1) is 5.33. The third-order valence-electron chi connectivity index (χ3n) is 1.44. The topological polar surface area (TPSA) is 0 Å². The molecule has 1 aromatic rings. The van der Waals surface area contributed by atoms with E-state index in [1.165, 1.54) is 24.1 Å². The summed E-state index contributed by atoms with van der Waals surface area (Å²) in [6.45, 7) is 0. The first-order valence-corrected chi connectivity index (χ1v) is 5.94. The normalized spacial score (nSPS) is 10.4. The minimum Gasteiger partial charge on any atom is -0.128 e. The van der Waals surface area contributed by atoms with Crippen molar-refractivity contribution in [1.29, 1.82) is 0 Å². The Bertz CT molecular complexity index is 210. The van der Waals surface area contributed by atoms with Crippen LogP contribution >= 0.6 is 38.9 Å². The monoisotopic (exact) mass is 252 g/mol. The number of unbranched alkanes of at least 4 members (excludes halogenated alkanes) is 1. The van der Waals surface area contributed by atoms with E-state index < -0.39 is 0 Å². The van der Waals surface area contributed by atoms with Gasteiger partial charge in [0.2, 0.25) is 0 Å². The number of thiophene rings is 1. The van der Waals surface area contributed by atoms with Crippen molar-refractivity contribution in [2.24, 2.45) is 0 Å². The quantitative estimate of drug-likeness (QED) is 0.559. The number of hydrogen-bond donors (Lipinski definition) is 0. The fourth-order valence-electron chi connectivity index (χ4n) is 0.880. The van der Waals surface area contributed by atoms with Gasteiger partial charge in [-0.2, -0.15) is 0 Å². The lowest BCUT2D eigenvalue weighted by Crippen LogP contribution is -1.80. The van der Waals surface area contributed by atoms with E-state index in [4.69, 9.17) is 11.6 Å². The highest BCUT2D eigenvalue weighted by Crippen LogP contribution is 2.22. The molecule has 3 heteroatoms. The first-order valence-electron chi connectivity index (χ1n) is 3.63. The van der Waals surface area contributed by atoms with Gasteiger partial charge in [-0.25, -0.2) is 0 Å². The molecule has 0 aliphatic heterocycles. The number of halogens is 2. The molecular formula is C8H10BrClS. The van der Waals surface area contributed by atoms with Crippen LogP contribution in [0, 0.1) is 0 Å². The Kier molecular flexibility index (Phi) is 4.50. The number of aryl methyl sites for hydroxylation is 1. The van der Waals surface area contributed by atoms with E-state index in [9.17, 15) is 0 Å². The summed E-state index contributed by atoms with van der Waals surface area (Å²) in [6.07, 6.45) is 3.67. The van der Waals surface area contributed by atoms with Crippen molar-refractivity contribution in [3.05, 3.63) is 21.3 Å². The largest absolute Gasteiger partial charge is 0.128 e. The van der Waals surface area contributed by atoms with Crippen LogP contribution in [0.25, 0.3) is 0 Å². The minimum absolute atomic E-state index is 0.902. The summed E-state index contributed by atoms with van der Waals surface area (Å²) in [7, 11) is 0. The summed E-state index contributed by atoms with van der Waals surface area (Å²) < 4.78 is 0.902. The molecule has 0 saturated carbocycles. The Morgan fingerprint density at radius 1 is 1.36 bits per heavy atom. The standard InChI is InChI=1S/C8H10BrClS/c9-6-2-1-3-7-4-5-8(10)11-7/h4-5H,1-3,6H2. The molecule has 1 heterocycles. The van der Waals surface area contributed by atoms with Crippen LogP contribution in [-0.2, 0) is 6.42 Å². The van der Waals surface area contributed by atoms with E-state index in [0.29, 0.717) is 0 Å². The van der Waals surface area contributed by atoms with Crippen molar-refractivity contribution < 1.29 is 0 Å². The molecule has 0 N–H and O–H groups in total. The molecular weight excluding hydrogens is 244 g/mol. The van der Waals surface area contributed by atoms with E-state index in [1.54, 1.807) is 11.3 Å². The van der Waals surface area contributed by atoms with Gasteiger partial charge in [-0.1, -0.05) is 27.5 Å². The van der Waals surface area contributed by atoms with Crippen LogP contribution in [0.4, 0.5) is 0 Å². The minimum atomic E-state index is 0.902. The van der Waals surface area contributed by atoms with Crippen molar-refractivity contribution in [2.45, 2.75) is 19.3 Å². The summed E-state index contributed by atoms with van der Waals surface area (Å²) in [5.41, 5.74) is 0. The lowest BCUT2D eigenvalue weighted by Gasteiger charge is -1.93. The molecule has 0 saturated heterocycles. The van der Waals surface area contributed by atoms with E-state index >= 15 is 0 Å². The molecule has 11 heavy (non-hydrogen) atoms. The molecule has 0 amide bonds. The highest BCUT2D eigenvalue weighted by atomic mass is 79.9. The van der Waals surface area contributed by atoms with Gasteiger partial charge in [-0.05, 0) is 31.4 Å². The fraction of sp³-hybridized carbons (Fsp3) is 0.500. The van der Waals surface area contributed by atoms with Crippen molar-refractivity contribution >= 4 is 38.9 Å². The molecule has 0 aromatic carbocycles. The molecule has 0 fully saturated rings. The average Bonchev–Trinajstić information content (AvgIpc) is 2.37. The molecule has 62 valence electrons. The van der Waals surface area contributed by atoms with Gasteiger partial charge in [0.05, 0.1) is 4.34 Å². The van der Waals surface area contributed by atoms with Crippen LogP contribution in [-0.4, -0.2) is 5.33 Å². The van der Waals surface area contributed by atoms with Gasteiger partial charge < -0.3 is 0 Å². The molecule has 0 aliphatic rings. The number of alkyl halides is 1. The molecule has 0 unspecified atom stereocenters. The Morgan fingerprint density at radius 2 is 2.18 bits per heavy atom. The Balaban J connectivity index is 2.27. The zero-order valence-corrected chi connectivity index (χ0v) is 9.31. The molecule has 0 nitrogen and oxygen atoms in total. The Morgan fingerprint density at radius 3 is 2.73 bits per heavy atom. The van der Waals surface area contributed by atoms with Gasteiger partial charge >= 0.3 is 0 Å². The van der Waals surface area contributed by atoms with Gasteiger partial charge in [0, 0.05) is 10.2 Å². The number of hydrogen-bond acceptors (Lipinski definition) is 1. The molecule has 0 atom stereocenters. The summed E-state index contributed by atoms with van der Waals surface area (Å²) in [5, 5.41) is 1.10. The summed E-state index contributed by atoms with van der Waals surface area (Å²) in [5.74, 6) is 0. The lowest BCUT2D eigenvalue weighted by molar-refractivity contribution is 0.816. The van der Waals surface area contributed by atoms with E-state index in [0.717, 1.165) is 9.67 Å². The van der Waals surface area contributed by atoms with Crippen LogP contribution in [0.1, 0.15) is 17.7 Å². The second-order valence-electron chi connectivity index (χ2n) is 2.35. The number of rotatable bonds is 4. The maximum absolute atomic E-state index is 5.78. The first kappa shape index (κ1) is 9.56. The van der Waals surface area contributed by atoms with Crippen molar-refractivity contribution in [1.82, 2.24) is 0 Å². The Hall–Kier alpha value is 0.470. The smallest absolute Gasteiger partial charge is 0.0931 e. The molecule has 0 bridgehead atoms. The summed E-state index contributed by atoms with van der Waals surface area (Å²) >= 11 is 10.9. The molecule has 0 spiro atoms. The SMILES string of the molecule is Clc1ccc(CCCCBr)s1. The van der Waals surface area contributed by atoms with Gasteiger partial charge in [0.1, 0.15) is 0 Å². The van der Waals surface area contributed by atoms with Crippen molar-refractivity contribution in [3.8, 4) is 0 Å². The van der Waals surface area contributed by atoms with Gasteiger partial charge in [-0.15, -0.1) is 11.3 Å². The van der Waals surface area contributed by atoms with Crippen molar-refractivity contribution in [3.63, 3.8) is 0 Å².